The molecule has 0 aromatic heterocycles. The molecule has 0 amide bonds. The summed E-state index contributed by atoms with van der Waals surface area (Å²) in [6.07, 6.45) is 0.883. The monoisotopic (exact) mass is 622 g/mol. The van der Waals surface area contributed by atoms with Gasteiger partial charge in [-0.05, 0) is 25.3 Å². The number of fused-ring (bicyclic) bond motifs is 3. The maximum absolute atomic E-state index is 13.2. The Labute approximate surface area is 258 Å². The van der Waals surface area contributed by atoms with Crippen molar-refractivity contribution in [1.29, 1.82) is 0 Å². The van der Waals surface area contributed by atoms with Crippen LogP contribution < -0.4 is 4.74 Å². The maximum atomic E-state index is 13.2. The maximum Gasteiger partial charge on any atom is 0.339 e. The van der Waals surface area contributed by atoms with Crippen LogP contribution in [0, 0.1) is 0 Å². The van der Waals surface area contributed by atoms with Crippen molar-refractivity contribution in [2.45, 2.75) is 128 Å². The fourth-order valence-electron chi connectivity index (χ4n) is 5.41. The number of hydrogen-bond donors (Lipinski definition) is 2. The van der Waals surface area contributed by atoms with Crippen molar-refractivity contribution in [1.82, 2.24) is 0 Å². The molecule has 2 aliphatic heterocycles. The number of aromatic hydroxyl groups is 2. The summed E-state index contributed by atoms with van der Waals surface area (Å²) in [4.78, 5) is 51.7. The standard InChI is InChI=1S/C32H46O12/c1-5-8-11-14-22(34)40-18-21-28(42-23(35)15-12-9-6-2)30(43-24(36)16-13-10-7-3)31-29(41-21)25-19(32(38)44-31)17-20(33)27(39-4)26(25)37/h17,21,28-31,33,37H,5-16,18H2,1-4H3/t21-,28-,29?,30+,31?/m1/s1. The summed E-state index contributed by atoms with van der Waals surface area (Å²) in [6.45, 7) is 5.65. The Morgan fingerprint density at radius 1 is 0.818 bits per heavy atom. The number of carbonyl (C=O) groups is 4. The van der Waals surface area contributed by atoms with E-state index in [9.17, 15) is 29.4 Å². The fourth-order valence-corrected chi connectivity index (χ4v) is 5.41. The first-order valence-corrected chi connectivity index (χ1v) is 15.7. The van der Waals surface area contributed by atoms with Crippen LogP contribution in [0.5, 0.6) is 17.2 Å². The van der Waals surface area contributed by atoms with Gasteiger partial charge in [-0.2, -0.15) is 0 Å². The summed E-state index contributed by atoms with van der Waals surface area (Å²) >= 11 is 0. The van der Waals surface area contributed by atoms with Crippen LogP contribution in [0.25, 0.3) is 0 Å². The Balaban J connectivity index is 2.02. The average molecular weight is 623 g/mol. The summed E-state index contributed by atoms with van der Waals surface area (Å²) in [7, 11) is 1.23. The van der Waals surface area contributed by atoms with E-state index in [4.69, 9.17) is 28.4 Å². The highest BCUT2D eigenvalue weighted by molar-refractivity contribution is 5.95. The highest BCUT2D eigenvalue weighted by atomic mass is 16.7. The van der Waals surface area contributed by atoms with E-state index in [1.54, 1.807) is 0 Å². The molecular weight excluding hydrogens is 576 g/mol. The molecule has 12 heteroatoms. The van der Waals surface area contributed by atoms with E-state index in [0.29, 0.717) is 19.3 Å². The molecule has 12 nitrogen and oxygen atoms in total. The minimum absolute atomic E-state index is 0.0556. The molecule has 1 saturated heterocycles. The molecular formula is C32H46O12. The van der Waals surface area contributed by atoms with Gasteiger partial charge in [0, 0.05) is 24.8 Å². The normalized spacial score (nSPS) is 22.3. The molecule has 1 aromatic rings. The van der Waals surface area contributed by atoms with Gasteiger partial charge in [-0.3, -0.25) is 14.4 Å². The smallest absolute Gasteiger partial charge is 0.339 e. The SMILES string of the molecule is CCCCCC(=O)OC[C@H]1OC2c3c(cc(O)c(OC)c3O)C(=O)OC2[C@@H](OC(=O)CCCCC)[C@@H]1OC(=O)CCCCC. The van der Waals surface area contributed by atoms with Gasteiger partial charge < -0.3 is 38.6 Å². The van der Waals surface area contributed by atoms with E-state index < -0.39 is 65.9 Å². The third-order valence-electron chi connectivity index (χ3n) is 7.76. The van der Waals surface area contributed by atoms with Crippen LogP contribution in [0.1, 0.15) is 120 Å². The number of unbranched alkanes of at least 4 members (excludes halogenated alkanes) is 6. The van der Waals surface area contributed by atoms with Crippen molar-refractivity contribution in [2.24, 2.45) is 0 Å². The number of methoxy groups -OCH3 is 1. The molecule has 2 heterocycles. The van der Waals surface area contributed by atoms with Crippen molar-refractivity contribution >= 4 is 23.9 Å². The Hall–Kier alpha value is -3.54. The summed E-state index contributed by atoms with van der Waals surface area (Å²) in [6, 6.07) is 1.09. The van der Waals surface area contributed by atoms with Crippen molar-refractivity contribution in [3.05, 3.63) is 17.2 Å². The minimum atomic E-state index is -1.35. The van der Waals surface area contributed by atoms with Gasteiger partial charge >= 0.3 is 23.9 Å². The van der Waals surface area contributed by atoms with Crippen LogP contribution in [0.4, 0.5) is 0 Å². The number of carbonyl (C=O) groups excluding carboxylic acids is 4. The van der Waals surface area contributed by atoms with Gasteiger partial charge in [-0.25, -0.2) is 4.79 Å². The molecule has 2 N–H and O–H groups in total. The molecule has 0 saturated carbocycles. The summed E-state index contributed by atoms with van der Waals surface area (Å²) in [5.41, 5.74) is -0.236. The van der Waals surface area contributed by atoms with Gasteiger partial charge in [0.25, 0.3) is 0 Å². The zero-order chi connectivity index (χ0) is 32.2. The Morgan fingerprint density at radius 3 is 1.91 bits per heavy atom. The number of hydrogen-bond acceptors (Lipinski definition) is 12. The van der Waals surface area contributed by atoms with Gasteiger partial charge in [-0.1, -0.05) is 59.3 Å². The molecule has 0 bridgehead atoms. The lowest BCUT2D eigenvalue weighted by Gasteiger charge is -2.46. The van der Waals surface area contributed by atoms with Crippen LogP contribution in [0.3, 0.4) is 0 Å². The number of phenols is 2. The first-order chi connectivity index (χ1) is 21.2. The number of rotatable bonds is 17. The van der Waals surface area contributed by atoms with E-state index in [1.165, 1.54) is 7.11 Å². The van der Waals surface area contributed by atoms with Gasteiger partial charge in [0.2, 0.25) is 5.75 Å². The molecule has 2 unspecified atom stereocenters. The first kappa shape index (κ1) is 34.9. The van der Waals surface area contributed by atoms with Crippen molar-refractivity contribution < 1.29 is 57.8 Å². The molecule has 0 spiro atoms. The van der Waals surface area contributed by atoms with Gasteiger partial charge in [-0.15, -0.1) is 0 Å². The van der Waals surface area contributed by atoms with Crippen molar-refractivity contribution in [3.63, 3.8) is 0 Å². The van der Waals surface area contributed by atoms with Crippen molar-refractivity contribution in [3.8, 4) is 17.2 Å². The molecule has 1 fully saturated rings. The average Bonchev–Trinajstić information content (AvgIpc) is 2.98. The highest BCUT2D eigenvalue weighted by Gasteiger charge is 2.56. The van der Waals surface area contributed by atoms with Crippen LogP contribution in [0.2, 0.25) is 0 Å². The predicted octanol–water partition coefficient (Wildman–Crippen LogP) is 5.19. The van der Waals surface area contributed by atoms with Gasteiger partial charge in [0.15, 0.2) is 29.8 Å². The van der Waals surface area contributed by atoms with Gasteiger partial charge in [0.1, 0.15) is 18.8 Å². The Kier molecular flexibility index (Phi) is 13.6. The van der Waals surface area contributed by atoms with Crippen LogP contribution in [-0.2, 0) is 38.1 Å². The second-order valence-electron chi connectivity index (χ2n) is 11.2. The first-order valence-electron chi connectivity index (χ1n) is 15.7. The summed E-state index contributed by atoms with van der Waals surface area (Å²) in [5.74, 6) is -3.92. The van der Waals surface area contributed by atoms with Gasteiger partial charge in [0.05, 0.1) is 12.7 Å². The van der Waals surface area contributed by atoms with E-state index in [1.807, 2.05) is 20.8 Å². The fraction of sp³-hybridized carbons (Fsp3) is 0.688. The zero-order valence-electron chi connectivity index (χ0n) is 26.1. The topological polar surface area (TPSA) is 164 Å². The summed E-state index contributed by atoms with van der Waals surface area (Å²) < 4.78 is 34.4. The van der Waals surface area contributed by atoms with Crippen LogP contribution in [0.15, 0.2) is 6.07 Å². The third kappa shape index (κ3) is 8.77. The third-order valence-corrected chi connectivity index (χ3v) is 7.76. The quantitative estimate of drug-likeness (QED) is 0.133. The second-order valence-corrected chi connectivity index (χ2v) is 11.2. The van der Waals surface area contributed by atoms with Crippen LogP contribution >= 0.6 is 0 Å². The number of esters is 4. The van der Waals surface area contributed by atoms with E-state index in [0.717, 1.165) is 44.6 Å². The molecule has 44 heavy (non-hydrogen) atoms. The highest BCUT2D eigenvalue weighted by Crippen LogP contribution is 2.50. The molecule has 5 atom stereocenters. The van der Waals surface area contributed by atoms with Crippen LogP contribution in [-0.4, -0.2) is 72.2 Å². The predicted molar refractivity (Wildman–Crippen MR) is 156 cm³/mol. The minimum Gasteiger partial charge on any atom is -0.504 e. The lowest BCUT2D eigenvalue weighted by molar-refractivity contribution is -0.252. The molecule has 1 aromatic carbocycles. The lowest BCUT2D eigenvalue weighted by Crippen LogP contribution is -2.61. The molecule has 3 rings (SSSR count). The van der Waals surface area contributed by atoms with E-state index in [2.05, 4.69) is 0 Å². The number of phenolic OH excluding ortho intramolecular Hbond substituents is 2. The number of ether oxygens (including phenoxy) is 6. The Morgan fingerprint density at radius 2 is 1.36 bits per heavy atom. The zero-order valence-corrected chi connectivity index (χ0v) is 26.1. The van der Waals surface area contributed by atoms with E-state index in [-0.39, 0.29) is 42.7 Å². The largest absolute Gasteiger partial charge is 0.504 e. The molecule has 0 aliphatic carbocycles. The molecule has 246 valence electrons. The molecule has 2 aliphatic rings. The second kappa shape index (κ2) is 17.1. The lowest BCUT2D eigenvalue weighted by atomic mass is 9.85. The van der Waals surface area contributed by atoms with Crippen molar-refractivity contribution in [2.75, 3.05) is 13.7 Å². The van der Waals surface area contributed by atoms with E-state index >= 15 is 0 Å². The number of benzene rings is 1. The Bertz CT molecular complexity index is 1150. The summed E-state index contributed by atoms with van der Waals surface area (Å²) in [5, 5.41) is 21.4. The molecule has 0 radical (unpaired) electrons.